The van der Waals surface area contributed by atoms with Crippen LogP contribution in [0.25, 0.3) is 0 Å². The fourth-order valence-electron chi connectivity index (χ4n) is 16.2. The Morgan fingerprint density at radius 1 is 0.338 bits per heavy atom. The molecule has 12 atom stereocenters. The van der Waals surface area contributed by atoms with Gasteiger partial charge in [-0.05, 0) is 12.8 Å². The molecule has 0 spiro atoms. The normalized spacial score (nSPS) is 47.7. The van der Waals surface area contributed by atoms with Crippen molar-refractivity contribution in [1.82, 2.24) is 18.5 Å². The molecule has 12 rings (SSSR count). The highest BCUT2D eigenvalue weighted by molar-refractivity contribution is 7.45. The number of phosphoric acid groups is 1. The Hall–Kier alpha value is -0.530. The molecule has 0 amide bonds. The largest absolute Gasteiger partial charge is 0.466 e. The van der Waals surface area contributed by atoms with Crippen molar-refractivity contribution in [2.24, 2.45) is 0 Å². The lowest BCUT2D eigenvalue weighted by Gasteiger charge is -2.80. The molecule has 0 aliphatic carbocycles. The molecule has 412 valence electrons. The maximum Gasteiger partial charge on any atom is 0.466 e. The Kier molecular flexibility index (Phi) is 16.3. The van der Waals surface area contributed by atoms with E-state index < -0.39 is 75.4 Å². The van der Waals surface area contributed by atoms with E-state index in [-0.39, 0.29) is 18.5 Å². The molecule has 0 aromatic heterocycles. The van der Waals surface area contributed by atoms with Gasteiger partial charge in [0.2, 0.25) is 11.6 Å². The van der Waals surface area contributed by atoms with E-state index >= 15 is 0 Å². The second-order valence-corrected chi connectivity index (χ2v) is 23.3. The lowest BCUT2D eigenvalue weighted by atomic mass is 9.46. The fraction of sp³-hybridized carbons (Fsp3) is 1.00. The van der Waals surface area contributed by atoms with Crippen molar-refractivity contribution in [2.45, 2.75) is 236 Å². The number of rotatable bonds is 24. The van der Waals surface area contributed by atoms with E-state index in [0.717, 1.165) is 90.3 Å². The maximum absolute atomic E-state index is 8.88. The summed E-state index contributed by atoms with van der Waals surface area (Å²) in [5.74, 6) is -2.36. The average Bonchev–Trinajstić information content (AvgIpc) is 3.10. The van der Waals surface area contributed by atoms with Gasteiger partial charge in [-0.25, -0.2) is 4.57 Å². The lowest BCUT2D eigenvalue weighted by molar-refractivity contribution is -0.573. The number of hydrogen-bond acceptors (Lipinski definition) is 17. The van der Waals surface area contributed by atoms with Gasteiger partial charge in [-0.15, -0.1) is 0 Å². The van der Waals surface area contributed by atoms with Gasteiger partial charge in [0.25, 0.3) is 0 Å². The summed E-state index contributed by atoms with van der Waals surface area (Å²) in [6.07, 6.45) is 23.6. The van der Waals surface area contributed by atoms with Crippen molar-refractivity contribution in [3.05, 3.63) is 0 Å². The predicted octanol–water partition coefficient (Wildman–Crippen LogP) is 7.11. The zero-order chi connectivity index (χ0) is 47.1. The first kappa shape index (κ1) is 56.7. The van der Waals surface area contributed by atoms with Gasteiger partial charge in [-0.2, -0.15) is 0 Å². The summed E-state index contributed by atoms with van der Waals surface area (Å²) >= 11 is 0. The van der Waals surface area contributed by atoms with Gasteiger partial charge in [0, 0.05) is 77.0 Å². The van der Waals surface area contributed by atoms with Crippen LogP contribution in [-0.4, -0.2) is 162 Å². The standard InChI is InChI=1S/C50H78O13.3H3N.H3O4P/c1-3-5-7-9-11-13-39(15-27-51-39)41(17-29-53-41)43(19-31-55-43)45(21-33-57-45)47(23-35-59-47)49(25-37-61-49)63-50(26-38-62-50)48(24-36-60-48)46(22-34-58-46)44(20-32-56-44)42(18-30-54-42)40(16-28-52-40)14-12-10-8-6-4-2;;;;1-5(2,3)4/h3-38H2,1-2H3;3*1H3;(H3,1,2,3,4). The van der Waals surface area contributed by atoms with Crippen molar-refractivity contribution in [3.8, 4) is 0 Å². The summed E-state index contributed by atoms with van der Waals surface area (Å²) in [6, 6.07) is 0. The van der Waals surface area contributed by atoms with E-state index in [4.69, 9.17) is 80.8 Å². The minimum Gasteiger partial charge on any atom is -0.372 e. The Balaban J connectivity index is 0.000000807. The van der Waals surface area contributed by atoms with Crippen molar-refractivity contribution in [1.29, 1.82) is 0 Å². The average molecular weight is 1040 g/mol. The highest BCUT2D eigenvalue weighted by atomic mass is 31.2. The molecule has 12 heterocycles. The van der Waals surface area contributed by atoms with Crippen LogP contribution in [0, 0.1) is 0 Å². The first-order chi connectivity index (χ1) is 32.8. The van der Waals surface area contributed by atoms with Crippen LogP contribution in [0.1, 0.15) is 168 Å². The number of unbranched alkanes of at least 4 members (excludes halogenated alkanes) is 8. The van der Waals surface area contributed by atoms with Gasteiger partial charge >= 0.3 is 7.82 Å². The Morgan fingerprint density at radius 3 is 0.718 bits per heavy atom. The molecule has 0 radical (unpaired) electrons. The van der Waals surface area contributed by atoms with Crippen LogP contribution < -0.4 is 18.5 Å². The second-order valence-electron chi connectivity index (χ2n) is 22.2. The number of ether oxygens (including phenoxy) is 13. The van der Waals surface area contributed by atoms with Crippen molar-refractivity contribution < 1.29 is 80.8 Å². The molecular formula is C50H90N3O17P. The Morgan fingerprint density at radius 2 is 0.549 bits per heavy atom. The van der Waals surface area contributed by atoms with E-state index in [1.807, 2.05) is 0 Å². The Labute approximate surface area is 420 Å². The summed E-state index contributed by atoms with van der Waals surface area (Å²) in [7, 11) is -4.64. The molecule has 12 aliphatic rings. The lowest BCUT2D eigenvalue weighted by Crippen LogP contribution is -2.97. The first-order valence-electron chi connectivity index (χ1n) is 27.0. The molecule has 12 unspecified atom stereocenters. The van der Waals surface area contributed by atoms with E-state index in [9.17, 15) is 0 Å². The Bertz CT molecular complexity index is 1710. The maximum atomic E-state index is 8.88. The zero-order valence-electron chi connectivity index (χ0n) is 43.1. The summed E-state index contributed by atoms with van der Waals surface area (Å²) in [5, 5.41) is 0. The molecule has 71 heavy (non-hydrogen) atoms. The van der Waals surface area contributed by atoms with Gasteiger partial charge in [-0.1, -0.05) is 78.1 Å². The van der Waals surface area contributed by atoms with Gasteiger partial charge in [0.15, 0.2) is 11.2 Å². The van der Waals surface area contributed by atoms with Crippen LogP contribution in [0.15, 0.2) is 0 Å². The van der Waals surface area contributed by atoms with Gasteiger partial charge in [0.1, 0.15) is 44.8 Å². The van der Waals surface area contributed by atoms with Crippen molar-refractivity contribution in [2.75, 3.05) is 79.3 Å². The van der Waals surface area contributed by atoms with Crippen LogP contribution in [0.5, 0.6) is 0 Å². The fourth-order valence-corrected chi connectivity index (χ4v) is 16.2. The third-order valence-electron chi connectivity index (χ3n) is 20.0. The molecule has 21 heteroatoms. The van der Waals surface area contributed by atoms with Gasteiger partial charge < -0.3 is 94.7 Å². The van der Waals surface area contributed by atoms with Crippen LogP contribution >= 0.6 is 7.82 Å². The molecule has 12 fully saturated rings. The summed E-state index contributed by atoms with van der Waals surface area (Å²) in [5.41, 5.74) is -7.38. The molecule has 0 saturated carbocycles. The zero-order valence-corrected chi connectivity index (χ0v) is 44.0. The van der Waals surface area contributed by atoms with E-state index in [1.165, 1.54) is 51.4 Å². The highest BCUT2D eigenvalue weighted by Crippen LogP contribution is 2.75. The van der Waals surface area contributed by atoms with Crippen molar-refractivity contribution in [3.63, 3.8) is 0 Å². The molecule has 0 aromatic rings. The van der Waals surface area contributed by atoms with Gasteiger partial charge in [0.05, 0.1) is 79.3 Å². The summed E-state index contributed by atoms with van der Waals surface area (Å²) < 4.78 is 101. The summed E-state index contributed by atoms with van der Waals surface area (Å²) in [6.45, 7) is 12.2. The van der Waals surface area contributed by atoms with Crippen molar-refractivity contribution >= 4 is 7.82 Å². The minimum absolute atomic E-state index is 0. The molecule has 0 bridgehead atoms. The predicted molar refractivity (Wildman–Crippen MR) is 257 cm³/mol. The minimum atomic E-state index is -4.64. The van der Waals surface area contributed by atoms with Crippen LogP contribution in [-0.2, 0) is 66.1 Å². The SMILES string of the molecule is CCCCCCCC1(C2(C3(C4(C5(C6(OC7(C8(C9(C%10(C%11(C%12(CCCCCCC)CCO%12)CCO%11)CCO%10)CCO9)CCO8)CCO7)CCO6)CCO5)CCO4)CCO3)CCO2)CCO1.N.N.N.O=P(O)(O)O. The molecule has 12 N–H and O–H groups in total. The summed E-state index contributed by atoms with van der Waals surface area (Å²) in [4.78, 5) is 21.6. The first-order valence-corrected chi connectivity index (χ1v) is 28.5. The van der Waals surface area contributed by atoms with E-state index in [2.05, 4.69) is 13.8 Å². The monoisotopic (exact) mass is 1040 g/mol. The molecule has 12 saturated heterocycles. The second kappa shape index (κ2) is 20.4. The van der Waals surface area contributed by atoms with Crippen LogP contribution in [0.4, 0.5) is 0 Å². The van der Waals surface area contributed by atoms with Crippen LogP contribution in [0.2, 0.25) is 0 Å². The molecular weight excluding hydrogens is 946 g/mol. The van der Waals surface area contributed by atoms with E-state index in [0.29, 0.717) is 91.8 Å². The molecule has 12 aliphatic heterocycles. The highest BCUT2D eigenvalue weighted by Gasteiger charge is 2.92. The molecule has 20 nitrogen and oxygen atoms in total. The third kappa shape index (κ3) is 7.35. The smallest absolute Gasteiger partial charge is 0.372 e. The topological polar surface area (TPSA) is 303 Å². The van der Waals surface area contributed by atoms with E-state index in [1.54, 1.807) is 0 Å². The van der Waals surface area contributed by atoms with Gasteiger partial charge in [-0.3, -0.25) is 0 Å². The van der Waals surface area contributed by atoms with Crippen LogP contribution in [0.3, 0.4) is 0 Å². The quantitative estimate of drug-likeness (QED) is 0.0414. The molecule has 0 aromatic carbocycles. The third-order valence-corrected chi connectivity index (χ3v) is 20.0. The number of hydrogen-bond donors (Lipinski definition) is 6.